The predicted octanol–water partition coefficient (Wildman–Crippen LogP) is 3.98. The van der Waals surface area contributed by atoms with Crippen LogP contribution in [0.4, 0.5) is 0 Å². The van der Waals surface area contributed by atoms with Gasteiger partial charge in [0.15, 0.2) is 5.17 Å². The highest BCUT2D eigenvalue weighted by Gasteiger charge is 2.26. The topological polar surface area (TPSA) is 50.7 Å². The lowest BCUT2D eigenvalue weighted by Crippen LogP contribution is -2.21. The van der Waals surface area contributed by atoms with E-state index >= 15 is 0 Å². The zero-order valence-corrected chi connectivity index (χ0v) is 14.4. The molecule has 0 bridgehead atoms. The Labute approximate surface area is 141 Å². The van der Waals surface area contributed by atoms with E-state index in [0.717, 1.165) is 29.3 Å². The smallest absolute Gasteiger partial charge is 0.264 e. The van der Waals surface area contributed by atoms with E-state index < -0.39 is 0 Å². The van der Waals surface area contributed by atoms with Crippen molar-refractivity contribution in [1.29, 1.82) is 0 Å². The van der Waals surface area contributed by atoms with Gasteiger partial charge in [0.25, 0.3) is 5.91 Å². The number of para-hydroxylation sites is 1. The minimum absolute atomic E-state index is 0.0777. The van der Waals surface area contributed by atoms with Crippen molar-refractivity contribution in [3.8, 4) is 5.75 Å². The summed E-state index contributed by atoms with van der Waals surface area (Å²) in [6.07, 6.45) is 6.72. The Balaban J connectivity index is 1.79. The van der Waals surface area contributed by atoms with Crippen LogP contribution in [0.25, 0.3) is 6.08 Å². The van der Waals surface area contributed by atoms with E-state index in [-0.39, 0.29) is 12.0 Å². The number of amides is 1. The van der Waals surface area contributed by atoms with E-state index in [1.54, 1.807) is 0 Å². The minimum atomic E-state index is -0.0777. The maximum atomic E-state index is 12.2. The number of benzene rings is 1. The van der Waals surface area contributed by atoms with E-state index in [1.165, 1.54) is 24.6 Å². The Morgan fingerprint density at radius 3 is 2.78 bits per heavy atom. The normalized spacial score (nSPS) is 22.3. The fraction of sp³-hybridized carbons (Fsp3) is 0.444. The second-order valence-electron chi connectivity index (χ2n) is 6.14. The summed E-state index contributed by atoms with van der Waals surface area (Å²) in [4.78, 5) is 17.5. The Morgan fingerprint density at radius 2 is 2.04 bits per heavy atom. The van der Waals surface area contributed by atoms with E-state index in [2.05, 4.69) is 10.3 Å². The molecule has 1 saturated carbocycles. The van der Waals surface area contributed by atoms with Gasteiger partial charge in [-0.3, -0.25) is 9.79 Å². The third kappa shape index (κ3) is 4.16. The van der Waals surface area contributed by atoms with Crippen molar-refractivity contribution in [3.63, 3.8) is 0 Å². The molecule has 1 N–H and O–H groups in total. The van der Waals surface area contributed by atoms with Crippen LogP contribution in [0.3, 0.4) is 0 Å². The lowest BCUT2D eigenvalue weighted by atomic mass is 10.2. The summed E-state index contributed by atoms with van der Waals surface area (Å²) in [5.41, 5.74) is 0.918. The van der Waals surface area contributed by atoms with Gasteiger partial charge in [-0.25, -0.2) is 0 Å². The zero-order chi connectivity index (χ0) is 16.2. The number of nitrogens with one attached hydrogen (secondary N) is 1. The number of aliphatic imine (C=N–C) groups is 1. The zero-order valence-electron chi connectivity index (χ0n) is 13.5. The van der Waals surface area contributed by atoms with Gasteiger partial charge >= 0.3 is 0 Å². The SMILES string of the molecule is CC(C)Oc1ccccc1C=C1SC(=NC2CCCC2)NC1=O. The molecule has 5 heteroatoms. The van der Waals surface area contributed by atoms with Crippen molar-refractivity contribution in [2.45, 2.75) is 51.7 Å². The summed E-state index contributed by atoms with van der Waals surface area (Å²) in [6.45, 7) is 3.99. The van der Waals surface area contributed by atoms with Crippen LogP contribution in [-0.4, -0.2) is 23.2 Å². The molecular formula is C18H22N2O2S. The number of nitrogens with zero attached hydrogens (tertiary/aromatic N) is 1. The molecule has 0 spiro atoms. The first-order chi connectivity index (χ1) is 11.1. The standard InChI is InChI=1S/C18H22N2O2S/c1-12(2)22-15-10-6-3-7-13(15)11-16-17(21)20-18(23-16)19-14-8-4-5-9-14/h3,6-7,10-12,14H,4-5,8-9H2,1-2H3,(H,19,20,21). The van der Waals surface area contributed by atoms with E-state index in [0.29, 0.717) is 10.9 Å². The van der Waals surface area contributed by atoms with Crippen LogP contribution in [0.15, 0.2) is 34.2 Å². The molecule has 4 nitrogen and oxygen atoms in total. The Morgan fingerprint density at radius 1 is 1.30 bits per heavy atom. The maximum Gasteiger partial charge on any atom is 0.264 e. The quantitative estimate of drug-likeness (QED) is 0.850. The van der Waals surface area contributed by atoms with Gasteiger partial charge in [-0.15, -0.1) is 0 Å². The average Bonchev–Trinajstić information content (AvgIpc) is 3.11. The van der Waals surface area contributed by atoms with Crippen LogP contribution in [0, 0.1) is 0 Å². The molecule has 2 aliphatic rings. The van der Waals surface area contributed by atoms with Gasteiger partial charge in [0.1, 0.15) is 5.75 Å². The first-order valence-corrected chi connectivity index (χ1v) is 8.98. The van der Waals surface area contributed by atoms with E-state index in [9.17, 15) is 4.79 Å². The van der Waals surface area contributed by atoms with Crippen molar-refractivity contribution < 1.29 is 9.53 Å². The highest BCUT2D eigenvalue weighted by atomic mass is 32.2. The molecule has 1 aliphatic carbocycles. The Kier molecular flexibility index (Phi) is 5.06. The van der Waals surface area contributed by atoms with Gasteiger partial charge in [-0.1, -0.05) is 31.0 Å². The number of ether oxygens (including phenoxy) is 1. The number of rotatable bonds is 4. The van der Waals surface area contributed by atoms with Gasteiger partial charge in [0.05, 0.1) is 17.1 Å². The average molecular weight is 330 g/mol. The van der Waals surface area contributed by atoms with Crippen LogP contribution in [-0.2, 0) is 4.79 Å². The largest absolute Gasteiger partial charge is 0.490 e. The second-order valence-corrected chi connectivity index (χ2v) is 7.17. The molecule has 1 aliphatic heterocycles. The van der Waals surface area contributed by atoms with Crippen LogP contribution in [0.5, 0.6) is 5.75 Å². The van der Waals surface area contributed by atoms with Crippen LogP contribution in [0.1, 0.15) is 45.1 Å². The summed E-state index contributed by atoms with van der Waals surface area (Å²) >= 11 is 1.42. The highest BCUT2D eigenvalue weighted by Crippen LogP contribution is 2.31. The molecule has 1 heterocycles. The van der Waals surface area contributed by atoms with Crippen LogP contribution < -0.4 is 10.1 Å². The third-order valence-corrected chi connectivity index (χ3v) is 4.77. The molecule has 122 valence electrons. The fourth-order valence-electron chi connectivity index (χ4n) is 2.79. The van der Waals surface area contributed by atoms with Crippen molar-refractivity contribution in [2.75, 3.05) is 0 Å². The number of thioether (sulfide) groups is 1. The predicted molar refractivity (Wildman–Crippen MR) is 95.6 cm³/mol. The molecule has 2 fully saturated rings. The van der Waals surface area contributed by atoms with Crippen molar-refractivity contribution in [2.24, 2.45) is 4.99 Å². The lowest BCUT2D eigenvalue weighted by Gasteiger charge is -2.12. The number of hydrogen-bond acceptors (Lipinski definition) is 4. The molecule has 23 heavy (non-hydrogen) atoms. The molecule has 0 radical (unpaired) electrons. The number of carbonyl (C=O) groups excluding carboxylic acids is 1. The molecule has 1 aromatic carbocycles. The summed E-state index contributed by atoms with van der Waals surface area (Å²) in [5, 5.41) is 3.61. The van der Waals surface area contributed by atoms with Gasteiger partial charge in [0, 0.05) is 5.56 Å². The summed E-state index contributed by atoms with van der Waals surface area (Å²) < 4.78 is 5.81. The summed E-state index contributed by atoms with van der Waals surface area (Å²) in [7, 11) is 0. The fourth-order valence-corrected chi connectivity index (χ4v) is 3.67. The molecule has 1 amide bonds. The molecular weight excluding hydrogens is 308 g/mol. The minimum Gasteiger partial charge on any atom is -0.490 e. The maximum absolute atomic E-state index is 12.2. The van der Waals surface area contributed by atoms with Crippen molar-refractivity contribution in [3.05, 3.63) is 34.7 Å². The Bertz CT molecular complexity index is 646. The monoisotopic (exact) mass is 330 g/mol. The summed E-state index contributed by atoms with van der Waals surface area (Å²) in [6, 6.07) is 8.15. The van der Waals surface area contributed by atoms with Gasteiger partial charge < -0.3 is 10.1 Å². The second kappa shape index (κ2) is 7.21. The van der Waals surface area contributed by atoms with Crippen molar-refractivity contribution >= 4 is 28.9 Å². The molecule has 3 rings (SSSR count). The Hall–Kier alpha value is -1.75. The molecule has 0 atom stereocenters. The highest BCUT2D eigenvalue weighted by molar-refractivity contribution is 8.18. The van der Waals surface area contributed by atoms with Crippen LogP contribution >= 0.6 is 11.8 Å². The molecule has 0 unspecified atom stereocenters. The van der Waals surface area contributed by atoms with Crippen LogP contribution in [0.2, 0.25) is 0 Å². The van der Waals surface area contributed by atoms with E-state index in [1.807, 2.05) is 44.2 Å². The number of carbonyl (C=O) groups is 1. The first kappa shape index (κ1) is 16.1. The van der Waals surface area contributed by atoms with Gasteiger partial charge in [-0.2, -0.15) is 0 Å². The lowest BCUT2D eigenvalue weighted by molar-refractivity contribution is -0.115. The number of hydrogen-bond donors (Lipinski definition) is 1. The van der Waals surface area contributed by atoms with Gasteiger partial charge in [-0.05, 0) is 50.6 Å². The van der Waals surface area contributed by atoms with E-state index in [4.69, 9.17) is 4.74 Å². The van der Waals surface area contributed by atoms with Crippen molar-refractivity contribution in [1.82, 2.24) is 5.32 Å². The molecule has 0 aromatic heterocycles. The third-order valence-electron chi connectivity index (χ3n) is 3.84. The summed E-state index contributed by atoms with van der Waals surface area (Å²) in [5.74, 6) is 0.718. The first-order valence-electron chi connectivity index (χ1n) is 8.16. The van der Waals surface area contributed by atoms with Gasteiger partial charge in [0.2, 0.25) is 0 Å². The molecule has 1 aromatic rings. The molecule has 1 saturated heterocycles. The number of amidine groups is 1.